The van der Waals surface area contributed by atoms with Gasteiger partial charge in [0, 0.05) is 38.3 Å². The van der Waals surface area contributed by atoms with Crippen LogP contribution in [0.5, 0.6) is 0 Å². The number of nitrogens with zero attached hydrogens (tertiary/aromatic N) is 2. The van der Waals surface area contributed by atoms with E-state index in [-0.39, 0.29) is 11.7 Å². The van der Waals surface area contributed by atoms with Gasteiger partial charge in [0.05, 0.1) is 11.4 Å². The molecule has 1 saturated heterocycles. The number of benzene rings is 1. The van der Waals surface area contributed by atoms with Crippen LogP contribution >= 0.6 is 0 Å². The Hall–Kier alpha value is -2.86. The van der Waals surface area contributed by atoms with E-state index in [1.165, 1.54) is 24.9 Å². The number of anilines is 1. The normalized spacial score (nSPS) is 14.7. The van der Waals surface area contributed by atoms with Crippen molar-refractivity contribution >= 4 is 11.6 Å². The summed E-state index contributed by atoms with van der Waals surface area (Å²) in [6.45, 7) is 13.5. The molecule has 0 bridgehead atoms. The largest absolute Gasteiger partial charge is 0.419 e. The number of para-hydroxylation sites is 1. The topological polar surface area (TPSA) is 58.8 Å². The van der Waals surface area contributed by atoms with Gasteiger partial charge < -0.3 is 14.6 Å². The Morgan fingerprint density at radius 3 is 2.29 bits per heavy atom. The third kappa shape index (κ3) is 7.80. The molecule has 0 atom stereocenters. The van der Waals surface area contributed by atoms with Crippen LogP contribution < -0.4 is 10.8 Å². The van der Waals surface area contributed by atoms with E-state index < -0.39 is 0 Å². The summed E-state index contributed by atoms with van der Waals surface area (Å²) in [5.74, 6) is 4.92. The summed E-state index contributed by atoms with van der Waals surface area (Å²) in [6, 6.07) is 10.2. The molecule has 5 nitrogen and oxygen atoms in total. The van der Waals surface area contributed by atoms with E-state index in [9.17, 15) is 9.18 Å². The van der Waals surface area contributed by atoms with E-state index in [0.29, 0.717) is 25.1 Å². The maximum absolute atomic E-state index is 12.6. The minimum absolute atomic E-state index is 0.0637. The van der Waals surface area contributed by atoms with Gasteiger partial charge in [-0.1, -0.05) is 49.1 Å². The number of hydrogen-bond donors (Lipinski definition) is 1. The Bertz CT molecular complexity index is 702. The molecule has 0 radical (unpaired) electrons. The molecule has 1 aromatic carbocycles. The third-order valence-electron chi connectivity index (χ3n) is 4.28. The van der Waals surface area contributed by atoms with Crippen LogP contribution in [0.3, 0.4) is 0 Å². The molecule has 0 spiro atoms. The molecule has 152 valence electrons. The number of carbonyl (C=O) groups is 1. The number of allylic oxidation sites excluding steroid dienone is 4. The van der Waals surface area contributed by atoms with Crippen LogP contribution in [0, 0.1) is 0 Å². The standard InChI is InChI=1S/C18H23N3O2.C4H7F/c1-3-15(2)13-16(14-23-19)18(22)21-11-9-20(10-12-21)17-7-5-4-6-8-17;1-3-4(2)5/h3-8,14H,1-2,9-13,19H2;3H,1-2H3/b16-14+;4-3+. The van der Waals surface area contributed by atoms with Crippen molar-refractivity contribution < 1.29 is 14.0 Å². The molecule has 1 aliphatic rings. The molecule has 2 rings (SSSR count). The lowest BCUT2D eigenvalue weighted by atomic mass is 10.1. The highest BCUT2D eigenvalue weighted by atomic mass is 19.1. The second-order valence-corrected chi connectivity index (χ2v) is 6.31. The van der Waals surface area contributed by atoms with Crippen LogP contribution in [0.25, 0.3) is 0 Å². The summed E-state index contributed by atoms with van der Waals surface area (Å²) in [6.07, 6.45) is 4.73. The van der Waals surface area contributed by atoms with Crippen molar-refractivity contribution in [3.05, 3.63) is 78.9 Å². The molecule has 0 saturated carbocycles. The second kappa shape index (κ2) is 12.5. The van der Waals surface area contributed by atoms with Crippen molar-refractivity contribution in [2.45, 2.75) is 20.3 Å². The van der Waals surface area contributed by atoms with E-state index in [1.807, 2.05) is 23.1 Å². The average molecular weight is 387 g/mol. The highest BCUT2D eigenvalue weighted by Crippen LogP contribution is 2.18. The number of hydrogen-bond acceptors (Lipinski definition) is 4. The summed E-state index contributed by atoms with van der Waals surface area (Å²) in [5.41, 5.74) is 2.43. The van der Waals surface area contributed by atoms with Gasteiger partial charge >= 0.3 is 0 Å². The Labute approximate surface area is 167 Å². The second-order valence-electron chi connectivity index (χ2n) is 6.31. The Morgan fingerprint density at radius 1 is 1.25 bits per heavy atom. The van der Waals surface area contributed by atoms with Crippen LogP contribution in [-0.4, -0.2) is 37.0 Å². The molecule has 6 heteroatoms. The zero-order valence-electron chi connectivity index (χ0n) is 16.7. The molecule has 28 heavy (non-hydrogen) atoms. The summed E-state index contributed by atoms with van der Waals surface area (Å²) < 4.78 is 11.3. The van der Waals surface area contributed by atoms with Crippen LogP contribution in [0.15, 0.2) is 78.9 Å². The zero-order chi connectivity index (χ0) is 20.9. The van der Waals surface area contributed by atoms with E-state index in [4.69, 9.17) is 5.90 Å². The fraction of sp³-hybridized carbons (Fsp3) is 0.318. The maximum Gasteiger partial charge on any atom is 0.253 e. The molecule has 1 fully saturated rings. The summed E-state index contributed by atoms with van der Waals surface area (Å²) >= 11 is 0. The lowest BCUT2D eigenvalue weighted by molar-refractivity contribution is -0.127. The molecular weight excluding hydrogens is 357 g/mol. The van der Waals surface area contributed by atoms with Gasteiger partial charge in [0.25, 0.3) is 5.91 Å². The van der Waals surface area contributed by atoms with Crippen LogP contribution in [0.1, 0.15) is 20.3 Å². The minimum atomic E-state index is -0.120. The molecule has 1 aliphatic heterocycles. The van der Waals surface area contributed by atoms with Gasteiger partial charge in [-0.3, -0.25) is 4.79 Å². The number of rotatable bonds is 6. The molecule has 0 aromatic heterocycles. The first-order valence-electron chi connectivity index (χ1n) is 9.15. The molecule has 1 amide bonds. The fourth-order valence-electron chi connectivity index (χ4n) is 2.58. The van der Waals surface area contributed by atoms with Gasteiger partial charge in [-0.15, -0.1) is 0 Å². The highest BCUT2D eigenvalue weighted by Gasteiger charge is 2.24. The van der Waals surface area contributed by atoms with Gasteiger partial charge in [-0.2, -0.15) is 5.90 Å². The Kier molecular flexibility index (Phi) is 10.4. The van der Waals surface area contributed by atoms with E-state index in [1.54, 1.807) is 13.0 Å². The summed E-state index contributed by atoms with van der Waals surface area (Å²) in [4.78, 5) is 21.3. The van der Waals surface area contributed by atoms with Crippen LogP contribution in [0.2, 0.25) is 0 Å². The number of halogens is 1. The average Bonchev–Trinajstić information content (AvgIpc) is 2.74. The van der Waals surface area contributed by atoms with Crippen molar-refractivity contribution in [2.24, 2.45) is 5.90 Å². The summed E-state index contributed by atoms with van der Waals surface area (Å²) in [5, 5.41) is 0. The SMILES string of the molecule is C/C=C(\C)F.C=CC(=C)C/C(=C\ON)C(=O)N1CCN(c2ccccc2)CC1. The van der Waals surface area contributed by atoms with Crippen molar-refractivity contribution in [1.82, 2.24) is 4.90 Å². The Balaban J connectivity index is 0.000000696. The predicted octanol–water partition coefficient (Wildman–Crippen LogP) is 4.12. The number of amides is 1. The van der Waals surface area contributed by atoms with Gasteiger partial charge in [-0.25, -0.2) is 4.39 Å². The maximum atomic E-state index is 12.6. The lowest BCUT2D eigenvalue weighted by Gasteiger charge is -2.36. The fourth-order valence-corrected chi connectivity index (χ4v) is 2.58. The van der Waals surface area contributed by atoms with Crippen molar-refractivity contribution in [3.8, 4) is 0 Å². The quantitative estimate of drug-likeness (QED) is 0.345. The predicted molar refractivity (Wildman–Crippen MR) is 113 cm³/mol. The number of nitrogens with two attached hydrogens (primary N) is 1. The monoisotopic (exact) mass is 387 g/mol. The highest BCUT2D eigenvalue weighted by molar-refractivity contribution is 5.93. The first-order valence-corrected chi connectivity index (χ1v) is 9.15. The van der Waals surface area contributed by atoms with Crippen molar-refractivity contribution in [3.63, 3.8) is 0 Å². The minimum Gasteiger partial charge on any atom is -0.419 e. The van der Waals surface area contributed by atoms with E-state index in [2.05, 4.69) is 35.0 Å². The lowest BCUT2D eigenvalue weighted by Crippen LogP contribution is -2.49. The molecule has 1 heterocycles. The van der Waals surface area contributed by atoms with E-state index >= 15 is 0 Å². The third-order valence-corrected chi connectivity index (χ3v) is 4.28. The zero-order valence-corrected chi connectivity index (χ0v) is 16.7. The molecule has 1 aromatic rings. The van der Waals surface area contributed by atoms with Crippen molar-refractivity contribution in [1.29, 1.82) is 0 Å². The molecule has 2 N–H and O–H groups in total. The van der Waals surface area contributed by atoms with Gasteiger partial charge in [-0.05, 0) is 26.0 Å². The van der Waals surface area contributed by atoms with E-state index in [0.717, 1.165) is 18.7 Å². The molecular formula is C22H30FN3O2. The first kappa shape index (κ1) is 23.2. The first-order chi connectivity index (χ1) is 13.4. The van der Waals surface area contributed by atoms with Crippen LogP contribution in [-0.2, 0) is 9.63 Å². The number of carbonyl (C=O) groups excluding carboxylic acids is 1. The molecule has 0 aliphatic carbocycles. The molecule has 0 unspecified atom stereocenters. The summed E-state index contributed by atoms with van der Waals surface area (Å²) in [7, 11) is 0. The van der Waals surface area contributed by atoms with Gasteiger partial charge in [0.15, 0.2) is 0 Å². The smallest absolute Gasteiger partial charge is 0.253 e. The Morgan fingerprint density at radius 2 is 1.82 bits per heavy atom. The van der Waals surface area contributed by atoms with Crippen LogP contribution in [0.4, 0.5) is 10.1 Å². The van der Waals surface area contributed by atoms with Gasteiger partial charge in [0.1, 0.15) is 6.26 Å². The van der Waals surface area contributed by atoms with Crippen molar-refractivity contribution in [2.75, 3.05) is 31.1 Å². The number of piperazine rings is 1. The van der Waals surface area contributed by atoms with Gasteiger partial charge in [0.2, 0.25) is 0 Å².